The lowest BCUT2D eigenvalue weighted by Gasteiger charge is -2.35. The minimum absolute atomic E-state index is 0.0768. The van der Waals surface area contributed by atoms with Gasteiger partial charge in [0.25, 0.3) is 0 Å². The Morgan fingerprint density at radius 1 is 1.26 bits per heavy atom. The molecule has 1 fully saturated rings. The van der Waals surface area contributed by atoms with E-state index in [2.05, 4.69) is 42.7 Å². The normalized spacial score (nSPS) is 23.7. The second-order valence-electron chi connectivity index (χ2n) is 5.60. The fourth-order valence-corrected chi connectivity index (χ4v) is 2.65. The van der Waals surface area contributed by atoms with E-state index in [1.807, 2.05) is 12.1 Å². The molecule has 1 aromatic carbocycles. The van der Waals surface area contributed by atoms with Crippen LogP contribution in [0, 0.1) is 23.7 Å². The number of hydrogen-bond donors (Lipinski definition) is 1. The van der Waals surface area contributed by atoms with Crippen LogP contribution in [-0.4, -0.2) is 29.7 Å². The maximum Gasteiger partial charge on any atom is 0.104 e. The van der Waals surface area contributed by atoms with E-state index < -0.39 is 0 Å². The SMILES string of the molecule is CC1CCN(Cc2ccccc2C#CCO)CC1C. The summed E-state index contributed by atoms with van der Waals surface area (Å²) in [7, 11) is 0. The van der Waals surface area contributed by atoms with E-state index in [9.17, 15) is 0 Å². The van der Waals surface area contributed by atoms with Gasteiger partial charge in [-0.25, -0.2) is 0 Å². The van der Waals surface area contributed by atoms with Gasteiger partial charge >= 0.3 is 0 Å². The Kier molecular flexibility index (Phi) is 5.01. The van der Waals surface area contributed by atoms with Gasteiger partial charge in [0, 0.05) is 18.7 Å². The summed E-state index contributed by atoms with van der Waals surface area (Å²) in [6, 6.07) is 8.25. The summed E-state index contributed by atoms with van der Waals surface area (Å²) in [5.74, 6) is 7.39. The summed E-state index contributed by atoms with van der Waals surface area (Å²) in [5.41, 5.74) is 2.31. The lowest BCUT2D eigenvalue weighted by molar-refractivity contribution is 0.132. The summed E-state index contributed by atoms with van der Waals surface area (Å²) in [6.07, 6.45) is 1.28. The van der Waals surface area contributed by atoms with E-state index in [4.69, 9.17) is 5.11 Å². The smallest absolute Gasteiger partial charge is 0.104 e. The molecule has 0 aliphatic carbocycles. The molecular formula is C17H23NO. The predicted octanol–water partition coefficient (Wildman–Crippen LogP) is 2.51. The Balaban J connectivity index is 2.07. The number of piperidine rings is 1. The molecule has 19 heavy (non-hydrogen) atoms. The van der Waals surface area contributed by atoms with Gasteiger partial charge in [-0.3, -0.25) is 4.90 Å². The number of likely N-dealkylation sites (tertiary alicyclic amines) is 1. The first kappa shape index (κ1) is 14.1. The molecular weight excluding hydrogens is 234 g/mol. The third-order valence-corrected chi connectivity index (χ3v) is 4.13. The van der Waals surface area contributed by atoms with Gasteiger partial charge in [-0.2, -0.15) is 0 Å². The standard InChI is InChI=1S/C17H23NO/c1-14-9-10-18(12-15(14)2)13-17-7-4-3-6-16(17)8-5-11-19/h3-4,6-7,14-15,19H,9-13H2,1-2H3. The number of nitrogens with zero attached hydrogens (tertiary/aromatic N) is 1. The van der Waals surface area contributed by atoms with Crippen molar-refractivity contribution in [1.29, 1.82) is 0 Å². The molecule has 0 radical (unpaired) electrons. The summed E-state index contributed by atoms with van der Waals surface area (Å²) >= 11 is 0. The second kappa shape index (κ2) is 6.75. The first-order chi connectivity index (χ1) is 9.20. The van der Waals surface area contributed by atoms with Crippen LogP contribution in [0.1, 0.15) is 31.4 Å². The molecule has 1 aliphatic heterocycles. The molecule has 2 heteroatoms. The third kappa shape index (κ3) is 3.83. The quantitative estimate of drug-likeness (QED) is 0.823. The molecule has 1 aliphatic rings. The maximum absolute atomic E-state index is 8.82. The van der Waals surface area contributed by atoms with E-state index in [0.29, 0.717) is 0 Å². The van der Waals surface area contributed by atoms with Crippen LogP contribution in [0.15, 0.2) is 24.3 Å². The topological polar surface area (TPSA) is 23.5 Å². The van der Waals surface area contributed by atoms with Crippen LogP contribution in [0.3, 0.4) is 0 Å². The van der Waals surface area contributed by atoms with E-state index in [-0.39, 0.29) is 6.61 Å². The highest BCUT2D eigenvalue weighted by Crippen LogP contribution is 2.24. The molecule has 0 amide bonds. The molecule has 2 rings (SSSR count). The van der Waals surface area contributed by atoms with E-state index in [1.54, 1.807) is 0 Å². The van der Waals surface area contributed by atoms with Gasteiger partial charge in [-0.1, -0.05) is 43.9 Å². The van der Waals surface area contributed by atoms with Crippen LogP contribution in [-0.2, 0) is 6.54 Å². The van der Waals surface area contributed by atoms with Crippen molar-refractivity contribution in [2.45, 2.75) is 26.8 Å². The number of aliphatic hydroxyl groups excluding tert-OH is 1. The molecule has 102 valence electrons. The Morgan fingerprint density at radius 2 is 2.05 bits per heavy atom. The summed E-state index contributed by atoms with van der Waals surface area (Å²) in [5, 5.41) is 8.82. The van der Waals surface area contributed by atoms with Crippen LogP contribution in [0.2, 0.25) is 0 Å². The Labute approximate surface area is 116 Å². The summed E-state index contributed by atoms with van der Waals surface area (Å²) < 4.78 is 0. The number of aliphatic hydroxyl groups is 1. The zero-order valence-electron chi connectivity index (χ0n) is 11.9. The molecule has 1 saturated heterocycles. The predicted molar refractivity (Wildman–Crippen MR) is 78.6 cm³/mol. The van der Waals surface area contributed by atoms with E-state index in [0.717, 1.165) is 23.9 Å². The van der Waals surface area contributed by atoms with Gasteiger partial charge < -0.3 is 5.11 Å². The van der Waals surface area contributed by atoms with Crippen LogP contribution in [0.25, 0.3) is 0 Å². The molecule has 2 unspecified atom stereocenters. The van der Waals surface area contributed by atoms with Crippen molar-refractivity contribution in [3.8, 4) is 11.8 Å². The largest absolute Gasteiger partial charge is 0.384 e. The Bertz CT molecular complexity index is 472. The average Bonchev–Trinajstić information content (AvgIpc) is 2.42. The third-order valence-electron chi connectivity index (χ3n) is 4.13. The van der Waals surface area contributed by atoms with Crippen molar-refractivity contribution < 1.29 is 5.11 Å². The van der Waals surface area contributed by atoms with Gasteiger partial charge in [0.05, 0.1) is 0 Å². The van der Waals surface area contributed by atoms with E-state index in [1.165, 1.54) is 25.1 Å². The van der Waals surface area contributed by atoms with Crippen LogP contribution in [0.4, 0.5) is 0 Å². The average molecular weight is 257 g/mol. The van der Waals surface area contributed by atoms with Crippen molar-refractivity contribution in [3.05, 3.63) is 35.4 Å². The first-order valence-electron chi connectivity index (χ1n) is 7.10. The van der Waals surface area contributed by atoms with Gasteiger partial charge in [0.1, 0.15) is 6.61 Å². The van der Waals surface area contributed by atoms with Crippen molar-refractivity contribution >= 4 is 0 Å². The second-order valence-corrected chi connectivity index (χ2v) is 5.60. The van der Waals surface area contributed by atoms with Crippen molar-refractivity contribution in [2.75, 3.05) is 19.7 Å². The minimum atomic E-state index is -0.0768. The van der Waals surface area contributed by atoms with E-state index >= 15 is 0 Å². The molecule has 0 spiro atoms. The van der Waals surface area contributed by atoms with Gasteiger partial charge in [-0.15, -0.1) is 0 Å². The zero-order valence-corrected chi connectivity index (χ0v) is 11.9. The number of rotatable bonds is 2. The zero-order chi connectivity index (χ0) is 13.7. The molecule has 1 heterocycles. The molecule has 2 nitrogen and oxygen atoms in total. The summed E-state index contributed by atoms with van der Waals surface area (Å²) in [4.78, 5) is 2.52. The lowest BCUT2D eigenvalue weighted by atomic mass is 9.88. The minimum Gasteiger partial charge on any atom is -0.384 e. The summed E-state index contributed by atoms with van der Waals surface area (Å²) in [6.45, 7) is 7.92. The molecule has 0 bridgehead atoms. The highest BCUT2D eigenvalue weighted by Gasteiger charge is 2.22. The monoisotopic (exact) mass is 257 g/mol. The number of benzene rings is 1. The fourth-order valence-electron chi connectivity index (χ4n) is 2.65. The molecule has 0 saturated carbocycles. The van der Waals surface area contributed by atoms with Crippen LogP contribution < -0.4 is 0 Å². The maximum atomic E-state index is 8.82. The van der Waals surface area contributed by atoms with Crippen LogP contribution >= 0.6 is 0 Å². The molecule has 2 atom stereocenters. The lowest BCUT2D eigenvalue weighted by Crippen LogP contribution is -2.37. The van der Waals surface area contributed by atoms with Crippen molar-refractivity contribution in [1.82, 2.24) is 4.90 Å². The van der Waals surface area contributed by atoms with Crippen molar-refractivity contribution in [3.63, 3.8) is 0 Å². The fraction of sp³-hybridized carbons (Fsp3) is 0.529. The highest BCUT2D eigenvalue weighted by molar-refractivity contribution is 5.41. The first-order valence-corrected chi connectivity index (χ1v) is 7.10. The Morgan fingerprint density at radius 3 is 2.79 bits per heavy atom. The van der Waals surface area contributed by atoms with Gasteiger partial charge in [-0.05, 0) is 36.4 Å². The Hall–Kier alpha value is -1.30. The van der Waals surface area contributed by atoms with Gasteiger partial charge in [0.2, 0.25) is 0 Å². The van der Waals surface area contributed by atoms with Gasteiger partial charge in [0.15, 0.2) is 0 Å². The number of hydrogen-bond acceptors (Lipinski definition) is 2. The highest BCUT2D eigenvalue weighted by atomic mass is 16.2. The molecule has 1 aromatic rings. The van der Waals surface area contributed by atoms with Crippen molar-refractivity contribution in [2.24, 2.45) is 11.8 Å². The molecule has 1 N–H and O–H groups in total. The van der Waals surface area contributed by atoms with Crippen LogP contribution in [0.5, 0.6) is 0 Å². The molecule has 0 aromatic heterocycles.